The predicted molar refractivity (Wildman–Crippen MR) is 95.9 cm³/mol. The highest BCUT2D eigenvalue weighted by Gasteiger charge is 2.30. The van der Waals surface area contributed by atoms with Crippen LogP contribution in [0, 0.1) is 5.92 Å². The fourth-order valence-corrected chi connectivity index (χ4v) is 3.67. The summed E-state index contributed by atoms with van der Waals surface area (Å²) >= 11 is 6.26. The number of nitrogens with zero attached hydrogens (tertiary/aromatic N) is 1. The minimum atomic E-state index is -4.29. The summed E-state index contributed by atoms with van der Waals surface area (Å²) < 4.78 is 38.5. The van der Waals surface area contributed by atoms with E-state index in [0.717, 1.165) is 43.2 Å². The molecule has 2 aromatic carbocycles. The zero-order valence-electron chi connectivity index (χ0n) is 13.7. The highest BCUT2D eigenvalue weighted by atomic mass is 35.5. The molecule has 2 aromatic rings. The molecule has 0 amide bonds. The molecular weight excluding hydrogens is 349 g/mol. The third-order valence-electron chi connectivity index (χ3n) is 4.71. The van der Waals surface area contributed by atoms with Crippen molar-refractivity contribution in [2.24, 2.45) is 5.92 Å². The first kappa shape index (κ1) is 17.9. The van der Waals surface area contributed by atoms with E-state index < -0.39 is 11.7 Å². The summed E-state index contributed by atoms with van der Waals surface area (Å²) in [5.41, 5.74) is 7.50. The summed E-state index contributed by atoms with van der Waals surface area (Å²) in [4.78, 5) is 2.21. The van der Waals surface area contributed by atoms with Crippen LogP contribution in [0.15, 0.2) is 42.5 Å². The van der Waals surface area contributed by atoms with Crippen LogP contribution in [-0.4, -0.2) is 13.1 Å². The number of piperidine rings is 1. The number of halogens is 4. The lowest BCUT2D eigenvalue weighted by Crippen LogP contribution is -2.34. The van der Waals surface area contributed by atoms with E-state index in [0.29, 0.717) is 23.0 Å². The van der Waals surface area contributed by atoms with Crippen LogP contribution in [0.1, 0.15) is 24.0 Å². The van der Waals surface area contributed by atoms with Crippen molar-refractivity contribution in [2.45, 2.75) is 25.4 Å². The minimum absolute atomic E-state index is 0.382. The number of nitrogens with two attached hydrogens (primary N) is 1. The Labute approximate surface area is 150 Å². The predicted octanol–water partition coefficient (Wildman–Crippen LogP) is 5.40. The number of rotatable bonds is 3. The monoisotopic (exact) mass is 368 g/mol. The third kappa shape index (κ3) is 4.40. The van der Waals surface area contributed by atoms with Crippen molar-refractivity contribution in [3.63, 3.8) is 0 Å². The van der Waals surface area contributed by atoms with Gasteiger partial charge in [0.05, 0.1) is 16.3 Å². The topological polar surface area (TPSA) is 29.3 Å². The van der Waals surface area contributed by atoms with Crippen molar-refractivity contribution in [3.05, 3.63) is 58.6 Å². The quantitative estimate of drug-likeness (QED) is 0.735. The van der Waals surface area contributed by atoms with Crippen molar-refractivity contribution < 1.29 is 13.2 Å². The van der Waals surface area contributed by atoms with Gasteiger partial charge >= 0.3 is 6.18 Å². The second-order valence-electron chi connectivity index (χ2n) is 6.54. The van der Waals surface area contributed by atoms with Crippen LogP contribution in [-0.2, 0) is 12.6 Å². The van der Waals surface area contributed by atoms with E-state index in [2.05, 4.69) is 4.90 Å². The molecule has 1 aliphatic rings. The largest absolute Gasteiger partial charge is 0.416 e. The molecule has 0 saturated carbocycles. The van der Waals surface area contributed by atoms with Crippen molar-refractivity contribution in [1.29, 1.82) is 0 Å². The van der Waals surface area contributed by atoms with E-state index in [4.69, 9.17) is 17.3 Å². The molecule has 3 rings (SSSR count). The van der Waals surface area contributed by atoms with Crippen LogP contribution in [0.3, 0.4) is 0 Å². The third-order valence-corrected chi connectivity index (χ3v) is 5.01. The number of alkyl halides is 3. The SMILES string of the molecule is Nc1ccc(N2CCC(Cc3cccc(C(F)(F)F)c3)CC2)c(Cl)c1. The second-order valence-corrected chi connectivity index (χ2v) is 6.95. The Morgan fingerprint density at radius 1 is 1.08 bits per heavy atom. The van der Waals surface area contributed by atoms with Gasteiger partial charge in [0.25, 0.3) is 0 Å². The van der Waals surface area contributed by atoms with Crippen molar-refractivity contribution in [3.8, 4) is 0 Å². The Morgan fingerprint density at radius 2 is 1.80 bits per heavy atom. The van der Waals surface area contributed by atoms with E-state index in [-0.39, 0.29) is 0 Å². The molecule has 1 fully saturated rings. The maximum absolute atomic E-state index is 12.8. The molecule has 2 N–H and O–H groups in total. The summed E-state index contributed by atoms with van der Waals surface area (Å²) in [6.07, 6.45) is -1.76. The van der Waals surface area contributed by atoms with Gasteiger partial charge in [0.1, 0.15) is 0 Å². The zero-order chi connectivity index (χ0) is 18.0. The zero-order valence-corrected chi connectivity index (χ0v) is 14.4. The van der Waals surface area contributed by atoms with Crippen LogP contribution >= 0.6 is 11.6 Å². The van der Waals surface area contributed by atoms with Crippen molar-refractivity contribution >= 4 is 23.0 Å². The van der Waals surface area contributed by atoms with Gasteiger partial charge in [-0.25, -0.2) is 0 Å². The average Bonchev–Trinajstić information content (AvgIpc) is 2.55. The van der Waals surface area contributed by atoms with E-state index in [1.54, 1.807) is 12.1 Å². The van der Waals surface area contributed by atoms with Gasteiger partial charge in [0.15, 0.2) is 0 Å². The van der Waals surface area contributed by atoms with Crippen LogP contribution in [0.25, 0.3) is 0 Å². The van der Waals surface area contributed by atoms with Crippen LogP contribution in [0.4, 0.5) is 24.5 Å². The summed E-state index contributed by atoms with van der Waals surface area (Å²) in [7, 11) is 0. The van der Waals surface area contributed by atoms with Gasteiger partial charge in [-0.15, -0.1) is 0 Å². The average molecular weight is 369 g/mol. The number of benzene rings is 2. The molecule has 0 bridgehead atoms. The molecule has 1 aliphatic heterocycles. The molecule has 0 spiro atoms. The molecule has 0 radical (unpaired) electrons. The molecule has 134 valence electrons. The van der Waals surface area contributed by atoms with Gasteiger partial charge < -0.3 is 10.6 Å². The molecule has 0 aromatic heterocycles. The normalized spacial score (nSPS) is 16.2. The Hall–Kier alpha value is -1.88. The highest BCUT2D eigenvalue weighted by molar-refractivity contribution is 6.33. The fourth-order valence-electron chi connectivity index (χ4n) is 3.37. The fraction of sp³-hybridized carbons (Fsp3) is 0.368. The van der Waals surface area contributed by atoms with Crippen molar-refractivity contribution in [2.75, 3.05) is 23.7 Å². The summed E-state index contributed by atoms with van der Waals surface area (Å²) in [5.74, 6) is 0.382. The molecule has 2 nitrogen and oxygen atoms in total. The smallest absolute Gasteiger partial charge is 0.399 e. The van der Waals surface area contributed by atoms with E-state index >= 15 is 0 Å². The van der Waals surface area contributed by atoms with Crippen LogP contribution in [0.2, 0.25) is 5.02 Å². The minimum Gasteiger partial charge on any atom is -0.399 e. The first-order chi connectivity index (χ1) is 11.8. The lowest BCUT2D eigenvalue weighted by Gasteiger charge is -2.34. The molecule has 1 heterocycles. The first-order valence-corrected chi connectivity index (χ1v) is 8.67. The lowest BCUT2D eigenvalue weighted by atomic mass is 9.89. The Balaban J connectivity index is 1.61. The molecule has 0 unspecified atom stereocenters. The number of nitrogen functional groups attached to an aromatic ring is 1. The Bertz CT molecular complexity index is 738. The molecule has 0 aliphatic carbocycles. The molecule has 0 atom stereocenters. The van der Waals surface area contributed by atoms with Gasteiger partial charge in [0, 0.05) is 18.8 Å². The number of hydrogen-bond acceptors (Lipinski definition) is 2. The van der Waals surface area contributed by atoms with E-state index in [1.807, 2.05) is 12.1 Å². The van der Waals surface area contributed by atoms with Crippen LogP contribution in [0.5, 0.6) is 0 Å². The summed E-state index contributed by atoms with van der Waals surface area (Å²) in [6, 6.07) is 11.1. The van der Waals surface area contributed by atoms with Crippen molar-refractivity contribution in [1.82, 2.24) is 0 Å². The Morgan fingerprint density at radius 3 is 2.44 bits per heavy atom. The summed E-state index contributed by atoms with van der Waals surface area (Å²) in [6.45, 7) is 1.68. The summed E-state index contributed by atoms with van der Waals surface area (Å²) in [5, 5.41) is 0.635. The van der Waals surface area contributed by atoms with Gasteiger partial charge in [0.2, 0.25) is 0 Å². The number of anilines is 2. The second kappa shape index (κ2) is 7.16. The van der Waals surface area contributed by atoms with Gasteiger partial charge in [-0.05, 0) is 55.0 Å². The standard InChI is InChI=1S/C19H20ClF3N2/c20-17-12-16(24)4-5-18(17)25-8-6-13(7-9-25)10-14-2-1-3-15(11-14)19(21,22)23/h1-5,11-13H,6-10,24H2. The van der Waals surface area contributed by atoms with Gasteiger partial charge in [-0.1, -0.05) is 29.8 Å². The highest BCUT2D eigenvalue weighted by Crippen LogP contribution is 2.33. The molecule has 1 saturated heterocycles. The lowest BCUT2D eigenvalue weighted by molar-refractivity contribution is -0.137. The van der Waals surface area contributed by atoms with Gasteiger partial charge in [-0.2, -0.15) is 13.2 Å². The Kier molecular flexibility index (Phi) is 5.13. The maximum Gasteiger partial charge on any atom is 0.416 e. The molecule has 6 heteroatoms. The maximum atomic E-state index is 12.8. The van der Waals surface area contributed by atoms with Gasteiger partial charge in [-0.3, -0.25) is 0 Å². The van der Waals surface area contributed by atoms with E-state index in [1.165, 1.54) is 12.1 Å². The van der Waals surface area contributed by atoms with E-state index in [9.17, 15) is 13.2 Å². The first-order valence-electron chi connectivity index (χ1n) is 8.29. The van der Waals surface area contributed by atoms with Crippen LogP contribution < -0.4 is 10.6 Å². The number of hydrogen-bond donors (Lipinski definition) is 1. The molecule has 25 heavy (non-hydrogen) atoms. The molecular formula is C19H20ClF3N2.